The van der Waals surface area contributed by atoms with Gasteiger partial charge in [0.1, 0.15) is 5.82 Å². The van der Waals surface area contributed by atoms with Crippen molar-refractivity contribution in [2.45, 2.75) is 13.8 Å². The van der Waals surface area contributed by atoms with Crippen LogP contribution in [0.2, 0.25) is 0 Å². The molecular weight excluding hydrogens is 364 g/mol. The van der Waals surface area contributed by atoms with Gasteiger partial charge in [0, 0.05) is 36.0 Å². The molecule has 0 aliphatic heterocycles. The minimum absolute atomic E-state index is 0.0272. The minimum Gasteiger partial charge on any atom is -0.307 e. The molecule has 0 aliphatic carbocycles. The highest BCUT2D eigenvalue weighted by molar-refractivity contribution is 6.01. The number of nitrogens with zero attached hydrogens (tertiary/aromatic N) is 4. The van der Waals surface area contributed by atoms with Crippen LogP contribution in [-0.4, -0.2) is 30.6 Å². The van der Waals surface area contributed by atoms with Crippen molar-refractivity contribution in [3.05, 3.63) is 79.9 Å². The number of hydrogen-bond acceptors (Lipinski definition) is 6. The van der Waals surface area contributed by atoms with Crippen LogP contribution in [0.15, 0.2) is 47.3 Å². The molecule has 0 saturated carbocycles. The molecule has 0 saturated heterocycles. The van der Waals surface area contributed by atoms with E-state index in [2.05, 4.69) is 20.4 Å². The summed E-state index contributed by atoms with van der Waals surface area (Å²) in [5.41, 5.74) is 1.42. The maximum atomic E-state index is 12.2. The summed E-state index contributed by atoms with van der Waals surface area (Å²) in [5.74, 6) is 0.0897. The van der Waals surface area contributed by atoms with Gasteiger partial charge in [-0.15, -0.1) is 0 Å². The van der Waals surface area contributed by atoms with Crippen LogP contribution in [0.1, 0.15) is 17.0 Å². The Kier molecular flexibility index (Phi) is 5.12. The van der Waals surface area contributed by atoms with Gasteiger partial charge in [-0.3, -0.25) is 24.7 Å². The van der Waals surface area contributed by atoms with Gasteiger partial charge in [0.2, 0.25) is 11.9 Å². The van der Waals surface area contributed by atoms with Crippen LogP contribution in [0.4, 0.5) is 11.5 Å². The zero-order valence-corrected chi connectivity index (χ0v) is 15.0. The first-order valence-electron chi connectivity index (χ1n) is 8.20. The Balaban J connectivity index is 1.79. The Bertz CT molecular complexity index is 1130. The maximum absolute atomic E-state index is 12.2. The number of aryl methyl sites for hydroxylation is 2. The number of carbonyl (C=O) groups excluding carboxylic acids is 1. The van der Waals surface area contributed by atoms with Crippen molar-refractivity contribution in [2.75, 3.05) is 5.32 Å². The number of nitro groups is 1. The molecule has 0 fully saturated rings. The third-order valence-electron chi connectivity index (χ3n) is 3.67. The summed E-state index contributed by atoms with van der Waals surface area (Å²) < 4.78 is 1.33. The van der Waals surface area contributed by atoms with Crippen molar-refractivity contribution in [3.8, 4) is 5.95 Å². The molecule has 2 heterocycles. The second kappa shape index (κ2) is 7.66. The summed E-state index contributed by atoms with van der Waals surface area (Å²) in [7, 11) is 0. The molecule has 28 heavy (non-hydrogen) atoms. The lowest BCUT2D eigenvalue weighted by Gasteiger charge is -2.07. The summed E-state index contributed by atoms with van der Waals surface area (Å²) in [6.45, 7) is 3.42. The topological polar surface area (TPSA) is 136 Å². The number of aromatic amines is 1. The standard InChI is InChI=1S/C18H16N6O4/c1-11-10-17(26)21-18(19-11)23-15(9-12(2)22-23)20-16(25)8-5-13-3-6-14(7-4-13)24(27)28/h3-10H,1-2H3,(H,20,25)(H,19,21,26)/b8-5+. The number of anilines is 1. The molecule has 0 radical (unpaired) electrons. The molecule has 2 N–H and O–H groups in total. The number of nitro benzene ring substituents is 1. The zero-order valence-electron chi connectivity index (χ0n) is 15.0. The lowest BCUT2D eigenvalue weighted by Crippen LogP contribution is -2.17. The molecule has 0 spiro atoms. The van der Waals surface area contributed by atoms with Crippen molar-refractivity contribution in [1.29, 1.82) is 0 Å². The third-order valence-corrected chi connectivity index (χ3v) is 3.67. The van der Waals surface area contributed by atoms with E-state index < -0.39 is 10.8 Å². The number of H-pyrrole nitrogens is 1. The number of rotatable bonds is 5. The fraction of sp³-hybridized carbons (Fsp3) is 0.111. The van der Waals surface area contributed by atoms with E-state index >= 15 is 0 Å². The van der Waals surface area contributed by atoms with Crippen molar-refractivity contribution in [1.82, 2.24) is 19.7 Å². The zero-order chi connectivity index (χ0) is 20.3. The number of hydrogen-bond donors (Lipinski definition) is 2. The van der Waals surface area contributed by atoms with E-state index in [1.54, 1.807) is 19.9 Å². The van der Waals surface area contributed by atoms with E-state index in [1.165, 1.54) is 47.2 Å². The molecule has 1 amide bonds. The van der Waals surface area contributed by atoms with Crippen LogP contribution in [0.3, 0.4) is 0 Å². The van der Waals surface area contributed by atoms with Gasteiger partial charge in [-0.05, 0) is 37.6 Å². The fourth-order valence-electron chi connectivity index (χ4n) is 2.46. The average molecular weight is 380 g/mol. The van der Waals surface area contributed by atoms with E-state index in [0.717, 1.165) is 0 Å². The average Bonchev–Trinajstić information content (AvgIpc) is 2.99. The maximum Gasteiger partial charge on any atom is 0.269 e. The lowest BCUT2D eigenvalue weighted by molar-refractivity contribution is -0.384. The van der Waals surface area contributed by atoms with Crippen molar-refractivity contribution >= 4 is 23.5 Å². The molecule has 1 aromatic carbocycles. The first-order chi connectivity index (χ1) is 13.3. The normalized spacial score (nSPS) is 10.9. The predicted octanol–water partition coefficient (Wildman–Crippen LogP) is 2.13. The van der Waals surface area contributed by atoms with Crippen LogP contribution < -0.4 is 10.9 Å². The van der Waals surface area contributed by atoms with Gasteiger partial charge in [-0.25, -0.2) is 4.98 Å². The third kappa shape index (κ3) is 4.36. The first-order valence-corrected chi connectivity index (χ1v) is 8.20. The monoisotopic (exact) mass is 380 g/mol. The van der Waals surface area contributed by atoms with Gasteiger partial charge in [0.15, 0.2) is 0 Å². The summed E-state index contributed by atoms with van der Waals surface area (Å²) in [6.07, 6.45) is 2.82. The minimum atomic E-state index is -0.493. The molecule has 0 unspecified atom stereocenters. The van der Waals surface area contributed by atoms with Gasteiger partial charge in [-0.2, -0.15) is 9.78 Å². The number of benzene rings is 1. The highest BCUT2D eigenvalue weighted by Gasteiger charge is 2.12. The van der Waals surface area contributed by atoms with Gasteiger partial charge in [-0.1, -0.05) is 0 Å². The number of carbonyl (C=O) groups is 1. The predicted molar refractivity (Wildman–Crippen MR) is 102 cm³/mol. The van der Waals surface area contributed by atoms with E-state index in [0.29, 0.717) is 22.8 Å². The molecule has 0 bridgehead atoms. The van der Waals surface area contributed by atoms with Gasteiger partial charge < -0.3 is 5.32 Å². The molecule has 3 aromatic rings. The molecule has 0 atom stereocenters. The van der Waals surface area contributed by atoms with Crippen molar-refractivity contribution in [3.63, 3.8) is 0 Å². The molecule has 10 nitrogen and oxygen atoms in total. The second-order valence-electron chi connectivity index (χ2n) is 5.96. The summed E-state index contributed by atoms with van der Waals surface area (Å²) >= 11 is 0. The number of aromatic nitrogens is 4. The Morgan fingerprint density at radius 1 is 1.21 bits per heavy atom. The van der Waals surface area contributed by atoms with E-state index in [9.17, 15) is 19.7 Å². The lowest BCUT2D eigenvalue weighted by atomic mass is 10.2. The van der Waals surface area contributed by atoms with E-state index in [1.807, 2.05) is 0 Å². The van der Waals surface area contributed by atoms with Crippen LogP contribution in [0.25, 0.3) is 12.0 Å². The van der Waals surface area contributed by atoms with Crippen LogP contribution in [0, 0.1) is 24.0 Å². The highest BCUT2D eigenvalue weighted by atomic mass is 16.6. The second-order valence-corrected chi connectivity index (χ2v) is 5.96. The quantitative estimate of drug-likeness (QED) is 0.395. The molecule has 3 rings (SSSR count). The molecule has 2 aromatic heterocycles. The van der Waals surface area contributed by atoms with Crippen molar-refractivity contribution < 1.29 is 9.72 Å². The highest BCUT2D eigenvalue weighted by Crippen LogP contribution is 2.15. The Hall–Kier alpha value is -4.08. The smallest absolute Gasteiger partial charge is 0.269 e. The summed E-state index contributed by atoms with van der Waals surface area (Å²) in [4.78, 5) is 40.9. The Morgan fingerprint density at radius 3 is 2.57 bits per heavy atom. The molecule has 10 heteroatoms. The summed E-state index contributed by atoms with van der Waals surface area (Å²) in [5, 5.41) is 17.6. The van der Waals surface area contributed by atoms with E-state index in [-0.39, 0.29) is 17.2 Å². The number of non-ortho nitro benzene ring substituents is 1. The number of amides is 1. The SMILES string of the molecule is Cc1cc(=O)[nH]c(-n2nc(C)cc2NC(=O)/C=C/c2ccc([N+](=O)[O-])cc2)n1. The Morgan fingerprint density at radius 2 is 1.93 bits per heavy atom. The van der Waals surface area contributed by atoms with Gasteiger partial charge in [0.25, 0.3) is 11.2 Å². The Labute approximate surface area is 158 Å². The fourth-order valence-corrected chi connectivity index (χ4v) is 2.46. The van der Waals surface area contributed by atoms with E-state index in [4.69, 9.17) is 0 Å². The summed E-state index contributed by atoms with van der Waals surface area (Å²) in [6, 6.07) is 8.78. The largest absolute Gasteiger partial charge is 0.307 e. The van der Waals surface area contributed by atoms with Crippen molar-refractivity contribution in [2.24, 2.45) is 0 Å². The number of nitrogens with one attached hydrogen (secondary N) is 2. The van der Waals surface area contributed by atoms with Crippen LogP contribution >= 0.6 is 0 Å². The van der Waals surface area contributed by atoms with Crippen LogP contribution in [-0.2, 0) is 4.79 Å². The first kappa shape index (κ1) is 18.7. The molecule has 142 valence electrons. The molecule has 0 aliphatic rings. The van der Waals surface area contributed by atoms with Gasteiger partial charge in [0.05, 0.1) is 10.6 Å². The molecular formula is C18H16N6O4. The van der Waals surface area contributed by atoms with Gasteiger partial charge >= 0.3 is 0 Å². The van der Waals surface area contributed by atoms with Crippen LogP contribution in [0.5, 0.6) is 0 Å².